The van der Waals surface area contributed by atoms with Gasteiger partial charge in [-0.2, -0.15) is 5.10 Å². The molecule has 0 saturated carbocycles. The van der Waals surface area contributed by atoms with E-state index in [-0.39, 0.29) is 24.4 Å². The minimum absolute atomic E-state index is 0.158. The fourth-order valence-corrected chi connectivity index (χ4v) is 3.73. The number of anilines is 1. The third-order valence-electron chi connectivity index (χ3n) is 5.08. The number of carbonyl (C=O) groups excluding carboxylic acids is 3. The minimum Gasteiger partial charge on any atom is -0.335 e. The summed E-state index contributed by atoms with van der Waals surface area (Å²) in [6.45, 7) is 3.67. The number of benzene rings is 1. The number of nitrogens with zero attached hydrogens (tertiary/aromatic N) is 5. The highest BCUT2D eigenvalue weighted by Crippen LogP contribution is 2.27. The Bertz CT molecular complexity index is 878. The van der Waals surface area contributed by atoms with Crippen molar-refractivity contribution in [1.82, 2.24) is 19.6 Å². The minimum atomic E-state index is -0.651. The quantitative estimate of drug-likeness (QED) is 0.772. The molecule has 8 nitrogen and oxygen atoms in total. The SMILES string of the molecule is CCn1nccc1C(=O)N1CCCN2C(=O)N(c3ccccc3)C(=O)C2C1. The topological polar surface area (TPSA) is 78.8 Å². The summed E-state index contributed by atoms with van der Waals surface area (Å²) < 4.78 is 1.64. The predicted molar refractivity (Wildman–Crippen MR) is 98.2 cm³/mol. The maximum Gasteiger partial charge on any atom is 0.332 e. The average molecular weight is 367 g/mol. The third-order valence-corrected chi connectivity index (χ3v) is 5.08. The second kappa shape index (κ2) is 6.86. The van der Waals surface area contributed by atoms with Gasteiger partial charge >= 0.3 is 6.03 Å². The molecule has 1 unspecified atom stereocenters. The molecule has 0 aliphatic carbocycles. The number of amides is 4. The fourth-order valence-electron chi connectivity index (χ4n) is 3.73. The summed E-state index contributed by atoms with van der Waals surface area (Å²) in [6.07, 6.45) is 2.23. The number of para-hydroxylation sites is 1. The van der Waals surface area contributed by atoms with Crippen LogP contribution in [0.15, 0.2) is 42.6 Å². The van der Waals surface area contributed by atoms with Crippen molar-refractivity contribution in [2.45, 2.75) is 25.9 Å². The number of aromatic nitrogens is 2. The van der Waals surface area contributed by atoms with Gasteiger partial charge in [0.2, 0.25) is 0 Å². The van der Waals surface area contributed by atoms with E-state index in [1.807, 2.05) is 13.0 Å². The first-order chi connectivity index (χ1) is 13.1. The molecule has 1 aromatic heterocycles. The Morgan fingerprint density at radius 3 is 2.67 bits per heavy atom. The van der Waals surface area contributed by atoms with E-state index >= 15 is 0 Å². The van der Waals surface area contributed by atoms with Crippen LogP contribution in [0.25, 0.3) is 0 Å². The van der Waals surface area contributed by atoms with Gasteiger partial charge in [-0.05, 0) is 31.5 Å². The van der Waals surface area contributed by atoms with Gasteiger partial charge in [-0.15, -0.1) is 0 Å². The number of carbonyl (C=O) groups is 3. The molecule has 27 heavy (non-hydrogen) atoms. The first-order valence-corrected chi connectivity index (χ1v) is 9.12. The summed E-state index contributed by atoms with van der Waals surface area (Å²) in [5.41, 5.74) is 1.06. The van der Waals surface area contributed by atoms with Crippen LogP contribution in [0.4, 0.5) is 10.5 Å². The van der Waals surface area contributed by atoms with E-state index < -0.39 is 6.04 Å². The third kappa shape index (κ3) is 2.87. The van der Waals surface area contributed by atoms with E-state index in [0.29, 0.717) is 37.4 Å². The van der Waals surface area contributed by atoms with Gasteiger partial charge in [-0.3, -0.25) is 14.3 Å². The van der Waals surface area contributed by atoms with Crippen molar-refractivity contribution in [2.24, 2.45) is 0 Å². The summed E-state index contributed by atoms with van der Waals surface area (Å²) in [6, 6.07) is 9.63. The van der Waals surface area contributed by atoms with Crippen molar-refractivity contribution in [3.8, 4) is 0 Å². The molecule has 0 bridgehead atoms. The normalized spacial score (nSPS) is 20.0. The molecule has 0 radical (unpaired) electrons. The van der Waals surface area contributed by atoms with Crippen molar-refractivity contribution < 1.29 is 14.4 Å². The smallest absolute Gasteiger partial charge is 0.332 e. The van der Waals surface area contributed by atoms with Crippen LogP contribution in [0.2, 0.25) is 0 Å². The van der Waals surface area contributed by atoms with Gasteiger partial charge in [0, 0.05) is 25.8 Å². The number of aryl methyl sites for hydroxylation is 1. The van der Waals surface area contributed by atoms with E-state index in [1.54, 1.807) is 51.0 Å². The highest BCUT2D eigenvalue weighted by molar-refractivity contribution is 6.21. The van der Waals surface area contributed by atoms with E-state index in [4.69, 9.17) is 0 Å². The van der Waals surface area contributed by atoms with Crippen molar-refractivity contribution in [3.05, 3.63) is 48.3 Å². The highest BCUT2D eigenvalue weighted by Gasteiger charge is 2.47. The first kappa shape index (κ1) is 17.3. The number of urea groups is 1. The van der Waals surface area contributed by atoms with Gasteiger partial charge < -0.3 is 9.80 Å². The molecule has 2 aliphatic heterocycles. The second-order valence-electron chi connectivity index (χ2n) is 6.64. The average Bonchev–Trinajstić information content (AvgIpc) is 3.16. The van der Waals surface area contributed by atoms with Crippen molar-refractivity contribution in [2.75, 3.05) is 24.5 Å². The maximum absolute atomic E-state index is 13.0. The Hall–Kier alpha value is -3.16. The summed E-state index contributed by atoms with van der Waals surface area (Å²) in [7, 11) is 0. The molecule has 2 saturated heterocycles. The van der Waals surface area contributed by atoms with E-state index in [1.165, 1.54) is 4.90 Å². The van der Waals surface area contributed by atoms with Gasteiger partial charge in [0.05, 0.1) is 12.2 Å². The van der Waals surface area contributed by atoms with Crippen LogP contribution < -0.4 is 4.90 Å². The highest BCUT2D eigenvalue weighted by atomic mass is 16.2. The zero-order valence-corrected chi connectivity index (χ0v) is 15.1. The predicted octanol–water partition coefficient (Wildman–Crippen LogP) is 1.59. The van der Waals surface area contributed by atoms with Crippen LogP contribution in [-0.4, -0.2) is 63.1 Å². The van der Waals surface area contributed by atoms with E-state index in [2.05, 4.69) is 5.10 Å². The molecule has 1 aromatic carbocycles. The molecule has 3 heterocycles. The van der Waals surface area contributed by atoms with Gasteiger partial charge in [-0.1, -0.05) is 18.2 Å². The van der Waals surface area contributed by atoms with Crippen molar-refractivity contribution >= 4 is 23.5 Å². The number of hydrogen-bond acceptors (Lipinski definition) is 4. The van der Waals surface area contributed by atoms with Crippen LogP contribution in [0.3, 0.4) is 0 Å². The number of imide groups is 1. The van der Waals surface area contributed by atoms with Crippen molar-refractivity contribution in [3.63, 3.8) is 0 Å². The van der Waals surface area contributed by atoms with Crippen LogP contribution >= 0.6 is 0 Å². The molecule has 0 spiro atoms. The molecular formula is C19H21N5O3. The van der Waals surface area contributed by atoms with Crippen LogP contribution in [-0.2, 0) is 11.3 Å². The lowest BCUT2D eigenvalue weighted by Crippen LogP contribution is -2.44. The lowest BCUT2D eigenvalue weighted by atomic mass is 10.2. The van der Waals surface area contributed by atoms with Gasteiger partial charge in [0.15, 0.2) is 0 Å². The lowest BCUT2D eigenvalue weighted by Gasteiger charge is -2.23. The second-order valence-corrected chi connectivity index (χ2v) is 6.64. The maximum atomic E-state index is 13.0. The van der Waals surface area contributed by atoms with Crippen LogP contribution in [0.1, 0.15) is 23.8 Å². The molecule has 2 aliphatic rings. The Labute approximate surface area is 156 Å². The summed E-state index contributed by atoms with van der Waals surface area (Å²) in [4.78, 5) is 43.2. The number of hydrogen-bond donors (Lipinski definition) is 0. The molecule has 1 atom stereocenters. The first-order valence-electron chi connectivity index (χ1n) is 9.12. The summed E-state index contributed by atoms with van der Waals surface area (Å²) in [5.74, 6) is -0.440. The van der Waals surface area contributed by atoms with E-state index in [0.717, 1.165) is 0 Å². The van der Waals surface area contributed by atoms with Gasteiger partial charge in [0.1, 0.15) is 11.7 Å². The molecular weight excluding hydrogens is 346 g/mol. The zero-order valence-electron chi connectivity index (χ0n) is 15.1. The molecule has 4 rings (SSSR count). The lowest BCUT2D eigenvalue weighted by molar-refractivity contribution is -0.119. The zero-order chi connectivity index (χ0) is 19.0. The fraction of sp³-hybridized carbons (Fsp3) is 0.368. The standard InChI is InChI=1S/C19H21N5O3/c1-2-23-15(9-10-20-23)17(25)21-11-6-12-22-16(13-21)18(26)24(19(22)27)14-7-4-3-5-8-14/h3-5,7-10,16H,2,6,11-13H2,1H3. The van der Waals surface area contributed by atoms with Crippen molar-refractivity contribution in [1.29, 1.82) is 0 Å². The molecule has 4 amide bonds. The molecule has 8 heteroatoms. The molecule has 140 valence electrons. The Balaban J connectivity index is 1.59. The molecule has 2 aromatic rings. The van der Waals surface area contributed by atoms with Gasteiger partial charge in [0.25, 0.3) is 11.8 Å². The Morgan fingerprint density at radius 2 is 1.93 bits per heavy atom. The monoisotopic (exact) mass is 367 g/mol. The number of fused-ring (bicyclic) bond motifs is 1. The summed E-state index contributed by atoms with van der Waals surface area (Å²) in [5, 5.41) is 4.15. The number of rotatable bonds is 3. The largest absolute Gasteiger partial charge is 0.335 e. The summed E-state index contributed by atoms with van der Waals surface area (Å²) >= 11 is 0. The van der Waals surface area contributed by atoms with Crippen LogP contribution in [0, 0.1) is 0 Å². The molecule has 2 fully saturated rings. The Morgan fingerprint density at radius 1 is 1.15 bits per heavy atom. The van der Waals surface area contributed by atoms with Gasteiger partial charge in [-0.25, -0.2) is 9.69 Å². The molecule has 0 N–H and O–H groups in total. The van der Waals surface area contributed by atoms with E-state index in [9.17, 15) is 14.4 Å². The Kier molecular flexibility index (Phi) is 4.39. The van der Waals surface area contributed by atoms with Crippen LogP contribution in [0.5, 0.6) is 0 Å².